The number of benzene rings is 1. The summed E-state index contributed by atoms with van der Waals surface area (Å²) in [5.74, 6) is 3.81. The number of carbonyl (C=O) groups is 1. The van der Waals surface area contributed by atoms with E-state index in [-0.39, 0.29) is 28.0 Å². The number of amides is 1. The molecule has 3 rings (SSSR count). The van der Waals surface area contributed by atoms with Crippen LogP contribution in [-0.4, -0.2) is 58.3 Å². The first-order valence-electron chi connectivity index (χ1n) is 19.2. The maximum absolute atomic E-state index is 11.7. The van der Waals surface area contributed by atoms with Crippen molar-refractivity contribution in [2.75, 3.05) is 30.9 Å². The predicted molar refractivity (Wildman–Crippen MR) is 221 cm³/mol. The molecular weight excluding hydrogens is 778 g/mol. The van der Waals surface area contributed by atoms with Gasteiger partial charge in [0.2, 0.25) is 0 Å². The summed E-state index contributed by atoms with van der Waals surface area (Å²) >= 11 is 6.39. The van der Waals surface area contributed by atoms with Crippen molar-refractivity contribution in [3.8, 4) is 5.75 Å². The Balaban J connectivity index is 0.000000389. The Morgan fingerprint density at radius 1 is 1.00 bits per heavy atom. The molecule has 0 aromatic heterocycles. The summed E-state index contributed by atoms with van der Waals surface area (Å²) in [6.07, 6.45) is 6.81. The number of allylic oxidation sites excluding steroid dienone is 6. The number of hydrogen-bond acceptors (Lipinski definition) is 5. The first-order valence-corrected chi connectivity index (χ1v) is 23.0. The molecule has 9 heteroatoms. The van der Waals surface area contributed by atoms with Crippen LogP contribution >= 0.6 is 21.3 Å². The molecule has 1 aliphatic heterocycles. The molecule has 1 N–H and O–H groups in total. The van der Waals surface area contributed by atoms with E-state index in [9.17, 15) is 4.79 Å². The molecule has 1 heterocycles. The van der Waals surface area contributed by atoms with Crippen LogP contribution in [0.4, 0.5) is 10.5 Å². The van der Waals surface area contributed by atoms with E-state index in [2.05, 4.69) is 96.5 Å². The van der Waals surface area contributed by atoms with Crippen molar-refractivity contribution in [1.82, 2.24) is 9.80 Å². The molecular formula is C43H68Cl2N3O3Ru. The normalized spacial score (nSPS) is 17.5. The molecule has 1 unspecified atom stereocenters. The molecule has 2 aliphatic rings. The molecule has 0 bridgehead atoms. The average molecular weight is 847 g/mol. The van der Waals surface area contributed by atoms with Crippen molar-refractivity contribution in [3.05, 3.63) is 69.6 Å². The molecule has 1 aromatic carbocycles. The number of rotatable bonds is 15. The quantitative estimate of drug-likeness (QED) is 0.108. The number of carbonyl (C=O) groups excluding carboxylic acids is 1. The minimum absolute atomic E-state index is 0.0816. The number of halogens is 2. The Labute approximate surface area is 333 Å². The Bertz CT molecular complexity index is 1470. The number of alkyl halides is 1. The van der Waals surface area contributed by atoms with Gasteiger partial charge in [-0.3, -0.25) is 0 Å². The zero-order chi connectivity index (χ0) is 39.3. The number of nitrogens with zero attached hydrogens (tertiary/aromatic N) is 2. The van der Waals surface area contributed by atoms with Gasteiger partial charge in [0.05, 0.1) is 5.88 Å². The SMILES string of the molecule is C/C=C(\C(=C(/CC)C(C)C)N1CCN(C2=C(C(C)C)CC=C2C(C)C)C1CCl)C(C)C.CC(C)COC(=O)Nc1ccc(OC(C)C)c([CH]=[Ru][Cl])c1. The van der Waals surface area contributed by atoms with Crippen LogP contribution in [-0.2, 0) is 20.4 Å². The van der Waals surface area contributed by atoms with E-state index in [1.54, 1.807) is 17.2 Å². The molecule has 0 saturated carbocycles. The van der Waals surface area contributed by atoms with Crippen LogP contribution in [0.5, 0.6) is 5.75 Å². The summed E-state index contributed by atoms with van der Waals surface area (Å²) in [5, 5.41) is 2.71. The standard InChI is InChI=1S/C28H47ClN2.C15H21NO3.ClH.Ru/c1-11-22(18(3)4)27(23(12-2)19(5)6)30-15-16-31(26(30)17-29)28-24(20(7)8)13-14-25(28)21(9)10;1-10(2)9-18-15(17)16-13-6-7-14(12(5)8-13)19-11(3)4;;/h11,13,18-21,26H,12,14-17H2,1-10H3;5-8,10-11H,9H2,1-4H3,(H,16,17);1H;/q;;;+1/p-1/b22-11-,27-23-;;;. The van der Waals surface area contributed by atoms with Crippen LogP contribution < -0.4 is 10.1 Å². The first-order chi connectivity index (χ1) is 24.5. The average Bonchev–Trinajstić information content (AvgIpc) is 3.69. The minimum atomic E-state index is -0.453. The molecule has 1 atom stereocenters. The van der Waals surface area contributed by atoms with Crippen LogP contribution in [0.3, 0.4) is 0 Å². The predicted octanol–water partition coefficient (Wildman–Crippen LogP) is 12.1. The third-order valence-electron chi connectivity index (χ3n) is 9.36. The molecule has 52 heavy (non-hydrogen) atoms. The van der Waals surface area contributed by atoms with E-state index in [4.69, 9.17) is 30.8 Å². The summed E-state index contributed by atoms with van der Waals surface area (Å²) in [5.41, 5.74) is 10.6. The Morgan fingerprint density at radius 2 is 1.67 bits per heavy atom. The van der Waals surface area contributed by atoms with Crippen molar-refractivity contribution >= 4 is 37.7 Å². The van der Waals surface area contributed by atoms with E-state index in [1.165, 1.54) is 22.5 Å². The van der Waals surface area contributed by atoms with Crippen LogP contribution in [0.25, 0.3) is 0 Å². The topological polar surface area (TPSA) is 54.0 Å². The van der Waals surface area contributed by atoms with Crippen LogP contribution in [0.2, 0.25) is 0 Å². The molecule has 0 radical (unpaired) electrons. The molecule has 1 saturated heterocycles. The summed E-state index contributed by atoms with van der Waals surface area (Å²) in [4.78, 5) is 16.9. The number of ether oxygens (including phenoxy) is 2. The fourth-order valence-electron chi connectivity index (χ4n) is 6.97. The molecule has 1 aromatic rings. The zero-order valence-corrected chi connectivity index (χ0v) is 37.7. The van der Waals surface area contributed by atoms with Gasteiger partial charge in [0.25, 0.3) is 0 Å². The van der Waals surface area contributed by atoms with Crippen LogP contribution in [0, 0.1) is 29.6 Å². The van der Waals surface area contributed by atoms with Crippen LogP contribution in [0.15, 0.2) is 64.0 Å². The summed E-state index contributed by atoms with van der Waals surface area (Å²) < 4.78 is 12.7. The van der Waals surface area contributed by atoms with Crippen molar-refractivity contribution in [2.45, 2.75) is 122 Å². The molecule has 0 spiro atoms. The zero-order valence-electron chi connectivity index (χ0n) is 34.5. The summed E-state index contributed by atoms with van der Waals surface area (Å²) in [6, 6.07) is 5.46. The summed E-state index contributed by atoms with van der Waals surface area (Å²) in [7, 11) is 5.85. The Kier molecular flexibility index (Phi) is 19.8. The van der Waals surface area contributed by atoms with E-state index in [0.717, 1.165) is 37.2 Å². The molecule has 6 nitrogen and oxygen atoms in total. The second kappa shape index (κ2) is 22.3. The second-order valence-electron chi connectivity index (χ2n) is 15.6. The van der Waals surface area contributed by atoms with Gasteiger partial charge in [0.1, 0.15) is 6.17 Å². The second-order valence-corrected chi connectivity index (χ2v) is 17.7. The van der Waals surface area contributed by atoms with Gasteiger partial charge in [-0.2, -0.15) is 0 Å². The Morgan fingerprint density at radius 3 is 2.15 bits per heavy atom. The van der Waals surface area contributed by atoms with Gasteiger partial charge in [0.15, 0.2) is 0 Å². The van der Waals surface area contributed by atoms with Gasteiger partial charge in [-0.05, 0) is 65.7 Å². The van der Waals surface area contributed by atoms with Gasteiger partial charge in [0, 0.05) is 24.5 Å². The molecule has 295 valence electrons. The fraction of sp³-hybridized carbons (Fsp3) is 0.628. The Hall–Kier alpha value is -2.08. The first kappa shape index (κ1) is 46.1. The molecule has 1 amide bonds. The maximum atomic E-state index is 11.7. The van der Waals surface area contributed by atoms with Crippen molar-refractivity contribution < 1.29 is 30.0 Å². The third kappa shape index (κ3) is 12.8. The summed E-state index contributed by atoms with van der Waals surface area (Å²) in [6.45, 7) is 33.5. The van der Waals surface area contributed by atoms with Crippen molar-refractivity contribution in [2.24, 2.45) is 29.6 Å². The number of nitrogens with one attached hydrogen (secondary N) is 1. The van der Waals surface area contributed by atoms with Gasteiger partial charge in [-0.15, -0.1) is 11.6 Å². The van der Waals surface area contributed by atoms with Crippen LogP contribution in [0.1, 0.15) is 115 Å². The molecule has 1 fully saturated rings. The van der Waals surface area contributed by atoms with E-state index < -0.39 is 6.09 Å². The van der Waals surface area contributed by atoms with Gasteiger partial charge >= 0.3 is 137 Å². The number of hydrogen-bond donors (Lipinski definition) is 1. The number of anilines is 1. The van der Waals surface area contributed by atoms with E-state index >= 15 is 0 Å². The third-order valence-corrected chi connectivity index (χ3v) is 10.8. The monoisotopic (exact) mass is 846 g/mol. The van der Waals surface area contributed by atoms with Crippen molar-refractivity contribution in [1.29, 1.82) is 0 Å². The molecule has 1 aliphatic carbocycles. The fourth-order valence-corrected chi connectivity index (χ4v) is 8.39. The van der Waals surface area contributed by atoms with Gasteiger partial charge < -0.3 is 9.80 Å². The van der Waals surface area contributed by atoms with Gasteiger partial charge in [-0.1, -0.05) is 74.5 Å². The van der Waals surface area contributed by atoms with E-state index in [0.29, 0.717) is 47.8 Å². The van der Waals surface area contributed by atoms with E-state index in [1.807, 2.05) is 44.4 Å². The van der Waals surface area contributed by atoms with Crippen molar-refractivity contribution in [3.63, 3.8) is 0 Å². The van der Waals surface area contributed by atoms with Gasteiger partial charge in [-0.25, -0.2) is 0 Å².